The highest BCUT2D eigenvalue weighted by molar-refractivity contribution is 5.89. The average Bonchev–Trinajstić information content (AvgIpc) is 2.85. The predicted octanol–water partition coefficient (Wildman–Crippen LogP) is 2.86. The number of amides is 1. The van der Waals surface area contributed by atoms with Gasteiger partial charge in [0, 0.05) is 29.3 Å². The van der Waals surface area contributed by atoms with Crippen molar-refractivity contribution in [3.63, 3.8) is 0 Å². The summed E-state index contributed by atoms with van der Waals surface area (Å²) in [7, 11) is 0. The van der Waals surface area contributed by atoms with Crippen LogP contribution in [0.5, 0.6) is 0 Å². The Morgan fingerprint density at radius 2 is 2.10 bits per heavy atom. The van der Waals surface area contributed by atoms with Crippen molar-refractivity contribution in [3.8, 4) is 0 Å². The van der Waals surface area contributed by atoms with Gasteiger partial charge in [0.1, 0.15) is 0 Å². The summed E-state index contributed by atoms with van der Waals surface area (Å²) >= 11 is 0. The molecule has 0 saturated heterocycles. The van der Waals surface area contributed by atoms with Gasteiger partial charge in [0.25, 0.3) is 0 Å². The average molecular weight is 286 g/mol. The number of hydrogen-bond acceptors (Lipinski definition) is 3. The van der Waals surface area contributed by atoms with Crippen LogP contribution in [0.3, 0.4) is 0 Å². The minimum Gasteiger partial charge on any atom is -0.399 e. The van der Waals surface area contributed by atoms with Crippen LogP contribution in [0.1, 0.15) is 38.4 Å². The number of nitrogens with one attached hydrogen (secondary N) is 2. The first-order chi connectivity index (χ1) is 9.84. The van der Waals surface area contributed by atoms with Gasteiger partial charge in [-0.3, -0.25) is 9.89 Å². The van der Waals surface area contributed by atoms with Crippen molar-refractivity contribution in [3.05, 3.63) is 41.6 Å². The number of nitrogens with zero attached hydrogens (tertiary/aromatic N) is 1. The van der Waals surface area contributed by atoms with Crippen LogP contribution >= 0.6 is 0 Å². The van der Waals surface area contributed by atoms with Gasteiger partial charge in [0.2, 0.25) is 5.91 Å². The molecule has 0 atom stereocenters. The van der Waals surface area contributed by atoms with E-state index in [1.807, 2.05) is 30.3 Å². The summed E-state index contributed by atoms with van der Waals surface area (Å²) in [5, 5.41) is 9.87. The third-order valence-corrected chi connectivity index (χ3v) is 3.25. The van der Waals surface area contributed by atoms with E-state index in [9.17, 15) is 4.79 Å². The zero-order valence-electron chi connectivity index (χ0n) is 12.7. The lowest BCUT2D eigenvalue weighted by Gasteiger charge is -2.14. The molecular formula is C16H22N4O. The van der Waals surface area contributed by atoms with Crippen LogP contribution in [0.4, 0.5) is 11.5 Å². The van der Waals surface area contributed by atoms with Crippen LogP contribution in [0.25, 0.3) is 0 Å². The second-order valence-electron chi connectivity index (χ2n) is 6.21. The smallest absolute Gasteiger partial charge is 0.225 e. The summed E-state index contributed by atoms with van der Waals surface area (Å²) in [6.45, 7) is 6.27. The third kappa shape index (κ3) is 4.34. The Kier molecular flexibility index (Phi) is 4.31. The molecule has 0 fully saturated rings. The fourth-order valence-corrected chi connectivity index (χ4v) is 1.98. The van der Waals surface area contributed by atoms with Gasteiger partial charge in [-0.25, -0.2) is 0 Å². The third-order valence-electron chi connectivity index (χ3n) is 3.25. The Hall–Kier alpha value is -2.30. The number of carbonyl (C=O) groups excluding carboxylic acids is 1. The number of aryl methyl sites for hydroxylation is 1. The molecule has 1 aromatic carbocycles. The van der Waals surface area contributed by atoms with Crippen molar-refractivity contribution in [2.75, 3.05) is 11.1 Å². The molecule has 0 unspecified atom stereocenters. The number of carbonyl (C=O) groups is 1. The zero-order chi connectivity index (χ0) is 15.5. The molecule has 1 heterocycles. The Balaban J connectivity index is 1.89. The van der Waals surface area contributed by atoms with Crippen molar-refractivity contribution in [2.24, 2.45) is 0 Å². The van der Waals surface area contributed by atoms with Crippen LogP contribution in [0.15, 0.2) is 30.3 Å². The number of aromatic nitrogens is 2. The van der Waals surface area contributed by atoms with Gasteiger partial charge in [0.15, 0.2) is 5.82 Å². The van der Waals surface area contributed by atoms with Crippen LogP contribution in [0, 0.1) is 0 Å². The maximum absolute atomic E-state index is 11.9. The lowest BCUT2D eigenvalue weighted by Crippen LogP contribution is -2.13. The second kappa shape index (κ2) is 5.99. The van der Waals surface area contributed by atoms with E-state index >= 15 is 0 Å². The van der Waals surface area contributed by atoms with E-state index in [1.165, 1.54) is 0 Å². The van der Waals surface area contributed by atoms with Gasteiger partial charge in [-0.05, 0) is 24.1 Å². The minimum atomic E-state index is -0.0515. The van der Waals surface area contributed by atoms with E-state index in [0.29, 0.717) is 18.7 Å². The Morgan fingerprint density at radius 3 is 2.71 bits per heavy atom. The summed E-state index contributed by atoms with van der Waals surface area (Å²) in [5.41, 5.74) is 8.47. The van der Waals surface area contributed by atoms with Gasteiger partial charge in [0.05, 0.1) is 0 Å². The Morgan fingerprint density at radius 1 is 1.33 bits per heavy atom. The maximum atomic E-state index is 11.9. The molecule has 0 aliphatic carbocycles. The lowest BCUT2D eigenvalue weighted by molar-refractivity contribution is -0.116. The number of nitrogen functional groups attached to an aromatic ring is 1. The molecule has 0 saturated carbocycles. The van der Waals surface area contributed by atoms with Gasteiger partial charge in [-0.1, -0.05) is 32.9 Å². The largest absolute Gasteiger partial charge is 0.399 e. The monoisotopic (exact) mass is 286 g/mol. The van der Waals surface area contributed by atoms with E-state index in [4.69, 9.17) is 5.73 Å². The highest BCUT2D eigenvalue weighted by Gasteiger charge is 2.17. The quantitative estimate of drug-likeness (QED) is 0.756. The molecule has 0 aliphatic rings. The second-order valence-corrected chi connectivity index (χ2v) is 6.21. The summed E-state index contributed by atoms with van der Waals surface area (Å²) in [5.74, 6) is 0.516. The van der Waals surface area contributed by atoms with E-state index in [0.717, 1.165) is 16.9 Å². The molecule has 0 bridgehead atoms. The van der Waals surface area contributed by atoms with E-state index in [-0.39, 0.29) is 11.3 Å². The molecule has 0 spiro atoms. The van der Waals surface area contributed by atoms with Crippen molar-refractivity contribution < 1.29 is 4.79 Å². The molecule has 1 amide bonds. The van der Waals surface area contributed by atoms with Gasteiger partial charge < -0.3 is 11.1 Å². The summed E-state index contributed by atoms with van der Waals surface area (Å²) in [4.78, 5) is 11.9. The number of rotatable bonds is 4. The normalized spacial score (nSPS) is 11.4. The lowest BCUT2D eigenvalue weighted by atomic mass is 9.92. The SMILES string of the molecule is CC(C)(C)c1cc(NC(=O)CCc2cccc(N)c2)n[nH]1. The minimum absolute atomic E-state index is 0.0163. The number of benzene rings is 1. The summed E-state index contributed by atoms with van der Waals surface area (Å²) in [6.07, 6.45) is 1.06. The fourth-order valence-electron chi connectivity index (χ4n) is 1.98. The van der Waals surface area contributed by atoms with E-state index in [1.54, 1.807) is 0 Å². The van der Waals surface area contributed by atoms with Crippen molar-refractivity contribution in [2.45, 2.75) is 39.0 Å². The zero-order valence-corrected chi connectivity index (χ0v) is 12.7. The predicted molar refractivity (Wildman–Crippen MR) is 85.1 cm³/mol. The standard InChI is InChI=1S/C16H22N4O/c1-16(2,3)13-10-14(20-19-13)18-15(21)8-7-11-5-4-6-12(17)9-11/h4-6,9-10H,7-8,17H2,1-3H3,(H2,18,19,20,21). The molecule has 4 N–H and O–H groups in total. The Labute approximate surface area is 124 Å². The summed E-state index contributed by atoms with van der Waals surface area (Å²) < 4.78 is 0. The summed E-state index contributed by atoms with van der Waals surface area (Å²) in [6, 6.07) is 9.46. The first-order valence-corrected chi connectivity index (χ1v) is 7.05. The van der Waals surface area contributed by atoms with Crippen molar-refractivity contribution in [1.82, 2.24) is 10.2 Å². The van der Waals surface area contributed by atoms with Gasteiger partial charge in [-0.15, -0.1) is 0 Å². The number of hydrogen-bond donors (Lipinski definition) is 3. The molecule has 21 heavy (non-hydrogen) atoms. The highest BCUT2D eigenvalue weighted by atomic mass is 16.1. The molecule has 5 nitrogen and oxygen atoms in total. The van der Waals surface area contributed by atoms with E-state index < -0.39 is 0 Å². The number of aromatic amines is 1. The topological polar surface area (TPSA) is 83.8 Å². The number of anilines is 2. The van der Waals surface area contributed by atoms with Gasteiger partial charge in [-0.2, -0.15) is 5.10 Å². The molecule has 2 aromatic rings. The fraction of sp³-hybridized carbons (Fsp3) is 0.375. The van der Waals surface area contributed by atoms with Crippen molar-refractivity contribution >= 4 is 17.4 Å². The molecule has 1 aromatic heterocycles. The Bertz CT molecular complexity index is 625. The maximum Gasteiger partial charge on any atom is 0.225 e. The molecule has 2 rings (SSSR count). The molecular weight excluding hydrogens is 264 g/mol. The van der Waals surface area contributed by atoms with Gasteiger partial charge >= 0.3 is 0 Å². The van der Waals surface area contributed by atoms with Crippen LogP contribution in [-0.4, -0.2) is 16.1 Å². The van der Waals surface area contributed by atoms with Crippen LogP contribution in [-0.2, 0) is 16.6 Å². The molecule has 0 radical (unpaired) electrons. The highest BCUT2D eigenvalue weighted by Crippen LogP contribution is 2.22. The van der Waals surface area contributed by atoms with E-state index in [2.05, 4.69) is 36.3 Å². The van der Waals surface area contributed by atoms with Crippen LogP contribution in [0.2, 0.25) is 0 Å². The molecule has 0 aliphatic heterocycles. The number of H-pyrrole nitrogens is 1. The van der Waals surface area contributed by atoms with Crippen molar-refractivity contribution in [1.29, 1.82) is 0 Å². The first-order valence-electron chi connectivity index (χ1n) is 7.05. The first kappa shape index (κ1) is 15.1. The molecule has 112 valence electrons. The molecule has 5 heteroatoms. The number of nitrogens with two attached hydrogens (primary N) is 1. The van der Waals surface area contributed by atoms with Crippen LogP contribution < -0.4 is 11.1 Å².